The Morgan fingerprint density at radius 3 is 2.28 bits per heavy atom. The van der Waals surface area contributed by atoms with E-state index >= 15 is 0 Å². The van der Waals surface area contributed by atoms with Crippen molar-refractivity contribution in [2.75, 3.05) is 7.05 Å². The fourth-order valence-corrected chi connectivity index (χ4v) is 1.57. The second kappa shape index (κ2) is 6.76. The molecule has 0 aliphatic rings. The summed E-state index contributed by atoms with van der Waals surface area (Å²) in [4.78, 5) is 22.7. The van der Waals surface area contributed by atoms with Crippen LogP contribution >= 0.6 is 0 Å². The van der Waals surface area contributed by atoms with E-state index in [1.165, 1.54) is 7.05 Å². The van der Waals surface area contributed by atoms with Crippen LogP contribution in [0.15, 0.2) is 30.3 Å². The Balaban J connectivity index is 2.52. The molecule has 0 fully saturated rings. The highest BCUT2D eigenvalue weighted by molar-refractivity contribution is 5.96. The third-order valence-electron chi connectivity index (χ3n) is 2.66. The summed E-state index contributed by atoms with van der Waals surface area (Å²) in [6.45, 7) is 3.69. The molecule has 1 rings (SSSR count). The SMILES string of the molecule is CNC(=O)NC(=O)[C@@H](C)N[C@@H](C)c1ccccc1. The van der Waals surface area contributed by atoms with Crippen LogP contribution in [0, 0.1) is 0 Å². The molecule has 0 saturated heterocycles. The van der Waals surface area contributed by atoms with Gasteiger partial charge in [-0.05, 0) is 19.4 Å². The van der Waals surface area contributed by atoms with Crippen LogP contribution in [0.1, 0.15) is 25.5 Å². The summed E-state index contributed by atoms with van der Waals surface area (Å²) in [5, 5.41) is 7.71. The second-order valence-corrected chi connectivity index (χ2v) is 4.09. The molecule has 98 valence electrons. The van der Waals surface area contributed by atoms with Crippen molar-refractivity contribution in [1.29, 1.82) is 0 Å². The van der Waals surface area contributed by atoms with Crippen molar-refractivity contribution < 1.29 is 9.59 Å². The zero-order valence-corrected chi connectivity index (χ0v) is 10.9. The van der Waals surface area contributed by atoms with Gasteiger partial charge < -0.3 is 5.32 Å². The van der Waals surface area contributed by atoms with Gasteiger partial charge in [0, 0.05) is 13.1 Å². The Bertz CT molecular complexity index is 406. The topological polar surface area (TPSA) is 70.2 Å². The molecule has 18 heavy (non-hydrogen) atoms. The van der Waals surface area contributed by atoms with Gasteiger partial charge in [-0.3, -0.25) is 15.4 Å². The zero-order chi connectivity index (χ0) is 13.5. The highest BCUT2D eigenvalue weighted by atomic mass is 16.2. The summed E-state index contributed by atoms with van der Waals surface area (Å²) in [6.07, 6.45) is 0. The van der Waals surface area contributed by atoms with E-state index in [-0.39, 0.29) is 11.9 Å². The van der Waals surface area contributed by atoms with E-state index in [0.717, 1.165) is 5.56 Å². The van der Waals surface area contributed by atoms with E-state index in [1.54, 1.807) is 6.92 Å². The number of urea groups is 1. The largest absolute Gasteiger partial charge is 0.341 e. The third-order valence-corrected chi connectivity index (χ3v) is 2.66. The Hall–Kier alpha value is -1.88. The average molecular weight is 249 g/mol. The van der Waals surface area contributed by atoms with Crippen molar-refractivity contribution in [3.63, 3.8) is 0 Å². The summed E-state index contributed by atoms with van der Waals surface area (Å²) in [5.74, 6) is -0.350. The number of hydrogen-bond acceptors (Lipinski definition) is 3. The molecule has 5 heteroatoms. The highest BCUT2D eigenvalue weighted by Gasteiger charge is 2.17. The van der Waals surface area contributed by atoms with Gasteiger partial charge in [-0.25, -0.2) is 4.79 Å². The number of rotatable bonds is 4. The van der Waals surface area contributed by atoms with Crippen LogP contribution in [0.5, 0.6) is 0 Å². The quantitative estimate of drug-likeness (QED) is 0.750. The number of carbonyl (C=O) groups excluding carboxylic acids is 2. The standard InChI is InChI=1S/C13H19N3O2/c1-9(11-7-5-4-6-8-11)15-10(2)12(17)16-13(18)14-3/h4-10,15H,1-3H3,(H2,14,16,17,18)/t9-,10+/m0/s1. The van der Waals surface area contributed by atoms with Crippen molar-refractivity contribution in [3.8, 4) is 0 Å². The first-order chi connectivity index (χ1) is 8.54. The molecule has 0 aliphatic heterocycles. The van der Waals surface area contributed by atoms with Gasteiger partial charge in [0.1, 0.15) is 0 Å². The molecule has 0 aromatic heterocycles. The van der Waals surface area contributed by atoms with Crippen LogP contribution in [-0.4, -0.2) is 25.0 Å². The van der Waals surface area contributed by atoms with E-state index in [0.29, 0.717) is 0 Å². The van der Waals surface area contributed by atoms with Crippen molar-refractivity contribution in [1.82, 2.24) is 16.0 Å². The lowest BCUT2D eigenvalue weighted by atomic mass is 10.1. The van der Waals surface area contributed by atoms with E-state index in [2.05, 4.69) is 16.0 Å². The van der Waals surface area contributed by atoms with Gasteiger partial charge in [0.05, 0.1) is 6.04 Å². The molecule has 0 radical (unpaired) electrons. The summed E-state index contributed by atoms with van der Waals surface area (Å²) in [7, 11) is 1.47. The van der Waals surface area contributed by atoms with Gasteiger partial charge >= 0.3 is 6.03 Å². The molecule has 0 spiro atoms. The fraction of sp³-hybridized carbons (Fsp3) is 0.385. The maximum Gasteiger partial charge on any atom is 0.321 e. The summed E-state index contributed by atoms with van der Waals surface area (Å²) in [5.41, 5.74) is 1.09. The van der Waals surface area contributed by atoms with Gasteiger partial charge in [-0.2, -0.15) is 0 Å². The smallest absolute Gasteiger partial charge is 0.321 e. The van der Waals surface area contributed by atoms with Gasteiger partial charge in [-0.15, -0.1) is 0 Å². The number of hydrogen-bond donors (Lipinski definition) is 3. The van der Waals surface area contributed by atoms with Crippen LogP contribution in [-0.2, 0) is 4.79 Å². The molecule has 5 nitrogen and oxygen atoms in total. The second-order valence-electron chi connectivity index (χ2n) is 4.09. The summed E-state index contributed by atoms with van der Waals surface area (Å²) < 4.78 is 0. The zero-order valence-electron chi connectivity index (χ0n) is 10.9. The first-order valence-corrected chi connectivity index (χ1v) is 5.88. The minimum Gasteiger partial charge on any atom is -0.341 e. The molecule has 3 amide bonds. The Kier molecular flexibility index (Phi) is 5.32. The van der Waals surface area contributed by atoms with E-state index < -0.39 is 12.1 Å². The minimum absolute atomic E-state index is 0.0386. The van der Waals surface area contributed by atoms with Crippen molar-refractivity contribution in [3.05, 3.63) is 35.9 Å². The molecule has 0 aliphatic carbocycles. The molecule has 3 N–H and O–H groups in total. The maximum absolute atomic E-state index is 11.6. The molecular weight excluding hydrogens is 230 g/mol. The molecule has 0 heterocycles. The molecule has 0 bridgehead atoms. The first kappa shape index (κ1) is 14.2. The van der Waals surface area contributed by atoms with E-state index in [9.17, 15) is 9.59 Å². The maximum atomic E-state index is 11.6. The Labute approximate surface area is 107 Å². The van der Waals surface area contributed by atoms with Crippen LogP contribution in [0.2, 0.25) is 0 Å². The number of nitrogens with one attached hydrogen (secondary N) is 3. The predicted octanol–water partition coefficient (Wildman–Crippen LogP) is 1.18. The number of imide groups is 1. The minimum atomic E-state index is -0.499. The van der Waals surface area contributed by atoms with Crippen LogP contribution < -0.4 is 16.0 Å². The Morgan fingerprint density at radius 2 is 1.72 bits per heavy atom. The number of benzene rings is 1. The van der Waals surface area contributed by atoms with Crippen molar-refractivity contribution in [2.24, 2.45) is 0 Å². The number of amides is 3. The molecule has 0 saturated carbocycles. The lowest BCUT2D eigenvalue weighted by molar-refractivity contribution is -0.121. The van der Waals surface area contributed by atoms with Crippen LogP contribution in [0.4, 0.5) is 4.79 Å². The normalized spacial score (nSPS) is 13.5. The lowest BCUT2D eigenvalue weighted by Crippen LogP contribution is -2.47. The Morgan fingerprint density at radius 1 is 1.11 bits per heavy atom. The summed E-state index contributed by atoms with van der Waals surface area (Å²) in [6, 6.07) is 8.90. The molecular formula is C13H19N3O2. The first-order valence-electron chi connectivity index (χ1n) is 5.88. The van der Waals surface area contributed by atoms with Gasteiger partial charge in [0.15, 0.2) is 0 Å². The van der Waals surface area contributed by atoms with Crippen molar-refractivity contribution >= 4 is 11.9 Å². The fourth-order valence-electron chi connectivity index (χ4n) is 1.57. The molecule has 2 atom stereocenters. The molecule has 1 aromatic carbocycles. The lowest BCUT2D eigenvalue weighted by Gasteiger charge is -2.19. The number of carbonyl (C=O) groups is 2. The molecule has 1 aromatic rings. The van der Waals surface area contributed by atoms with E-state index in [1.807, 2.05) is 37.3 Å². The summed E-state index contributed by atoms with van der Waals surface area (Å²) >= 11 is 0. The third kappa shape index (κ3) is 4.18. The molecule has 0 unspecified atom stereocenters. The van der Waals surface area contributed by atoms with Crippen molar-refractivity contribution in [2.45, 2.75) is 25.9 Å². The van der Waals surface area contributed by atoms with Gasteiger partial charge in [-0.1, -0.05) is 30.3 Å². The monoisotopic (exact) mass is 249 g/mol. The van der Waals surface area contributed by atoms with Crippen LogP contribution in [0.25, 0.3) is 0 Å². The van der Waals surface area contributed by atoms with E-state index in [4.69, 9.17) is 0 Å². The average Bonchev–Trinajstić information content (AvgIpc) is 2.39. The van der Waals surface area contributed by atoms with Gasteiger partial charge in [0.2, 0.25) is 5.91 Å². The predicted molar refractivity (Wildman–Crippen MR) is 70.1 cm³/mol. The van der Waals surface area contributed by atoms with Gasteiger partial charge in [0.25, 0.3) is 0 Å². The van der Waals surface area contributed by atoms with Crippen LogP contribution in [0.3, 0.4) is 0 Å². The highest BCUT2D eigenvalue weighted by Crippen LogP contribution is 2.11.